The zero-order valence-corrected chi connectivity index (χ0v) is 11.6. The van der Waals surface area contributed by atoms with Crippen molar-refractivity contribution in [3.05, 3.63) is 22.6 Å². The van der Waals surface area contributed by atoms with Crippen LogP contribution in [0.5, 0.6) is 0 Å². The smallest absolute Gasteiger partial charge is 0.258 e. The van der Waals surface area contributed by atoms with Crippen LogP contribution in [0.2, 0.25) is 0 Å². The van der Waals surface area contributed by atoms with Gasteiger partial charge in [-0.15, -0.1) is 0 Å². The molecular formula is C12H16BrN3O2. The normalized spacial score (nSPS) is 21.9. The molecule has 3 rings (SSSR count). The second-order valence-electron chi connectivity index (χ2n) is 4.76. The van der Waals surface area contributed by atoms with E-state index in [-0.39, 0.29) is 5.91 Å². The number of nitrogens with one attached hydrogen (secondary N) is 1. The summed E-state index contributed by atoms with van der Waals surface area (Å²) in [5.74, 6) is 0.0574. The molecule has 18 heavy (non-hydrogen) atoms. The van der Waals surface area contributed by atoms with Gasteiger partial charge in [0, 0.05) is 45.3 Å². The molecule has 6 heteroatoms. The van der Waals surface area contributed by atoms with Crippen molar-refractivity contribution < 1.29 is 9.21 Å². The van der Waals surface area contributed by atoms with E-state index in [1.807, 2.05) is 4.90 Å². The van der Waals surface area contributed by atoms with Crippen LogP contribution >= 0.6 is 15.9 Å². The van der Waals surface area contributed by atoms with Crippen LogP contribution in [0, 0.1) is 0 Å². The number of rotatable bonds is 2. The van der Waals surface area contributed by atoms with Gasteiger partial charge in [0.2, 0.25) is 0 Å². The zero-order valence-electron chi connectivity index (χ0n) is 10.1. The second kappa shape index (κ2) is 5.03. The standard InChI is InChI=1S/C12H16BrN3O2/c13-11-10(1-6-18-11)12(17)16-7-9(8-16)15-4-2-14-3-5-15/h1,6,9,14H,2-5,7-8H2. The minimum atomic E-state index is 0.0574. The molecule has 0 atom stereocenters. The van der Waals surface area contributed by atoms with Gasteiger partial charge < -0.3 is 14.6 Å². The third kappa shape index (κ3) is 2.20. The molecule has 5 nitrogen and oxygen atoms in total. The number of nitrogens with zero attached hydrogens (tertiary/aromatic N) is 2. The maximum absolute atomic E-state index is 12.1. The number of carbonyl (C=O) groups is 1. The van der Waals surface area contributed by atoms with Crippen LogP contribution in [0.15, 0.2) is 21.4 Å². The van der Waals surface area contributed by atoms with Crippen molar-refractivity contribution in [3.8, 4) is 0 Å². The first kappa shape index (κ1) is 12.2. The van der Waals surface area contributed by atoms with Crippen LogP contribution in [0.25, 0.3) is 0 Å². The summed E-state index contributed by atoms with van der Waals surface area (Å²) in [6.07, 6.45) is 1.53. The molecule has 0 aliphatic carbocycles. The van der Waals surface area contributed by atoms with E-state index in [0.29, 0.717) is 16.3 Å². The lowest BCUT2D eigenvalue weighted by molar-refractivity contribution is 0.0225. The number of piperazine rings is 1. The van der Waals surface area contributed by atoms with Crippen molar-refractivity contribution in [1.29, 1.82) is 0 Å². The Morgan fingerprint density at radius 1 is 1.39 bits per heavy atom. The Morgan fingerprint density at radius 3 is 2.72 bits per heavy atom. The fraction of sp³-hybridized carbons (Fsp3) is 0.583. The minimum Gasteiger partial charge on any atom is -0.457 e. The van der Waals surface area contributed by atoms with Gasteiger partial charge in [-0.1, -0.05) is 0 Å². The van der Waals surface area contributed by atoms with Gasteiger partial charge in [-0.05, 0) is 22.0 Å². The summed E-state index contributed by atoms with van der Waals surface area (Å²) < 4.78 is 5.62. The van der Waals surface area contributed by atoms with Gasteiger partial charge in [0.15, 0.2) is 4.67 Å². The Labute approximate surface area is 114 Å². The first-order valence-corrected chi connectivity index (χ1v) is 7.02. The lowest BCUT2D eigenvalue weighted by Crippen LogP contribution is -2.63. The number of hydrogen-bond acceptors (Lipinski definition) is 4. The van der Waals surface area contributed by atoms with Crippen LogP contribution < -0.4 is 5.32 Å². The molecule has 98 valence electrons. The molecule has 2 aliphatic rings. The first-order chi connectivity index (χ1) is 8.75. The van der Waals surface area contributed by atoms with Crippen molar-refractivity contribution in [1.82, 2.24) is 15.1 Å². The molecule has 2 fully saturated rings. The van der Waals surface area contributed by atoms with Gasteiger partial charge in [-0.3, -0.25) is 9.69 Å². The van der Waals surface area contributed by atoms with Crippen LogP contribution in [0.4, 0.5) is 0 Å². The summed E-state index contributed by atoms with van der Waals surface area (Å²) in [4.78, 5) is 16.5. The van der Waals surface area contributed by atoms with Gasteiger partial charge in [-0.25, -0.2) is 0 Å². The number of carbonyl (C=O) groups excluding carboxylic acids is 1. The first-order valence-electron chi connectivity index (χ1n) is 6.23. The van der Waals surface area contributed by atoms with E-state index in [2.05, 4.69) is 26.1 Å². The van der Waals surface area contributed by atoms with E-state index in [0.717, 1.165) is 39.3 Å². The molecule has 0 unspecified atom stereocenters. The van der Waals surface area contributed by atoms with E-state index in [1.165, 1.54) is 6.26 Å². The summed E-state index contributed by atoms with van der Waals surface area (Å²) in [6.45, 7) is 5.94. The molecule has 1 aromatic rings. The Morgan fingerprint density at radius 2 is 2.11 bits per heavy atom. The summed E-state index contributed by atoms with van der Waals surface area (Å²) in [6, 6.07) is 2.24. The third-order valence-corrected chi connectivity index (χ3v) is 4.28. The maximum atomic E-state index is 12.1. The van der Waals surface area contributed by atoms with Crippen molar-refractivity contribution in [3.63, 3.8) is 0 Å². The van der Waals surface area contributed by atoms with E-state index in [4.69, 9.17) is 4.42 Å². The summed E-state index contributed by atoms with van der Waals surface area (Å²) >= 11 is 3.25. The topological polar surface area (TPSA) is 48.7 Å². The van der Waals surface area contributed by atoms with E-state index >= 15 is 0 Å². The molecule has 3 heterocycles. The Kier molecular flexibility index (Phi) is 3.41. The summed E-state index contributed by atoms with van der Waals surface area (Å²) in [7, 11) is 0. The minimum absolute atomic E-state index is 0.0574. The fourth-order valence-electron chi connectivity index (χ4n) is 2.52. The van der Waals surface area contributed by atoms with Crippen LogP contribution in [-0.2, 0) is 0 Å². The number of amides is 1. The average Bonchev–Trinajstić information content (AvgIpc) is 2.75. The molecule has 2 aliphatic heterocycles. The molecule has 1 amide bonds. The second-order valence-corrected chi connectivity index (χ2v) is 5.48. The van der Waals surface area contributed by atoms with Gasteiger partial charge in [0.25, 0.3) is 5.91 Å². The van der Waals surface area contributed by atoms with Crippen LogP contribution in [-0.4, -0.2) is 61.0 Å². The molecular weight excluding hydrogens is 298 g/mol. The van der Waals surface area contributed by atoms with Crippen LogP contribution in [0.3, 0.4) is 0 Å². The number of halogens is 1. The lowest BCUT2D eigenvalue weighted by atomic mass is 10.1. The van der Waals surface area contributed by atoms with E-state index in [1.54, 1.807) is 6.07 Å². The zero-order chi connectivity index (χ0) is 12.5. The predicted molar refractivity (Wildman–Crippen MR) is 70.5 cm³/mol. The maximum Gasteiger partial charge on any atom is 0.258 e. The highest BCUT2D eigenvalue weighted by Gasteiger charge is 2.36. The third-order valence-electron chi connectivity index (χ3n) is 3.67. The Bertz CT molecular complexity index is 436. The molecule has 0 spiro atoms. The van der Waals surface area contributed by atoms with Crippen molar-refractivity contribution in [2.24, 2.45) is 0 Å². The Hall–Kier alpha value is -0.850. The molecule has 0 bridgehead atoms. The number of furan rings is 1. The molecule has 0 saturated carbocycles. The number of hydrogen-bond donors (Lipinski definition) is 1. The highest BCUT2D eigenvalue weighted by atomic mass is 79.9. The molecule has 1 N–H and O–H groups in total. The van der Waals surface area contributed by atoms with Gasteiger partial charge in [0.05, 0.1) is 11.8 Å². The fourth-order valence-corrected chi connectivity index (χ4v) is 2.93. The summed E-state index contributed by atoms with van der Waals surface area (Å²) in [5.41, 5.74) is 0.619. The van der Waals surface area contributed by atoms with Crippen LogP contribution in [0.1, 0.15) is 10.4 Å². The lowest BCUT2D eigenvalue weighted by Gasteiger charge is -2.46. The van der Waals surface area contributed by atoms with E-state index < -0.39 is 0 Å². The highest BCUT2D eigenvalue weighted by Crippen LogP contribution is 2.23. The molecule has 0 radical (unpaired) electrons. The van der Waals surface area contributed by atoms with Gasteiger partial charge >= 0.3 is 0 Å². The van der Waals surface area contributed by atoms with E-state index in [9.17, 15) is 4.79 Å². The SMILES string of the molecule is O=C(c1ccoc1Br)N1CC(N2CCNCC2)C1. The quantitative estimate of drug-likeness (QED) is 0.876. The number of likely N-dealkylation sites (tertiary alicyclic amines) is 1. The van der Waals surface area contributed by atoms with Crippen molar-refractivity contribution >= 4 is 21.8 Å². The average molecular weight is 314 g/mol. The molecule has 2 saturated heterocycles. The predicted octanol–water partition coefficient (Wildman–Crippen LogP) is 0.772. The van der Waals surface area contributed by atoms with Crippen molar-refractivity contribution in [2.45, 2.75) is 6.04 Å². The van der Waals surface area contributed by atoms with Gasteiger partial charge in [0.1, 0.15) is 0 Å². The molecule has 0 aromatic carbocycles. The van der Waals surface area contributed by atoms with Gasteiger partial charge in [-0.2, -0.15) is 0 Å². The van der Waals surface area contributed by atoms with Crippen molar-refractivity contribution in [2.75, 3.05) is 39.3 Å². The largest absolute Gasteiger partial charge is 0.457 e. The summed E-state index contributed by atoms with van der Waals surface area (Å²) in [5, 5.41) is 3.34. The Balaban J connectivity index is 1.55. The molecule has 1 aromatic heterocycles. The highest BCUT2D eigenvalue weighted by molar-refractivity contribution is 9.10. The monoisotopic (exact) mass is 313 g/mol.